The van der Waals surface area contributed by atoms with Crippen molar-refractivity contribution in [1.29, 1.82) is 0 Å². The molecular weight excluding hydrogens is 645 g/mol. The van der Waals surface area contributed by atoms with Gasteiger partial charge in [0.05, 0.1) is 26.7 Å². The highest BCUT2D eigenvalue weighted by molar-refractivity contribution is 7.89. The lowest BCUT2D eigenvalue weighted by molar-refractivity contribution is -0.125. The zero-order valence-corrected chi connectivity index (χ0v) is 26.9. The van der Waals surface area contributed by atoms with Gasteiger partial charge in [0, 0.05) is 41.6 Å². The van der Waals surface area contributed by atoms with Crippen LogP contribution in [-0.4, -0.2) is 67.8 Å². The summed E-state index contributed by atoms with van der Waals surface area (Å²) >= 11 is 12.5. The Hall–Kier alpha value is -3.52. The van der Waals surface area contributed by atoms with Crippen LogP contribution in [0, 0.1) is 13.8 Å². The number of hydrogen-bond acceptors (Lipinski definition) is 6. The van der Waals surface area contributed by atoms with Gasteiger partial charge in [-0.1, -0.05) is 59.6 Å². The molecule has 1 N–H and O–H groups in total. The van der Waals surface area contributed by atoms with Gasteiger partial charge >= 0.3 is 0 Å². The Morgan fingerprint density at radius 3 is 2.09 bits per heavy atom. The van der Waals surface area contributed by atoms with E-state index in [1.807, 2.05) is 24.5 Å². The Labute approximate surface area is 266 Å². The second kappa shape index (κ2) is 12.8. The van der Waals surface area contributed by atoms with Gasteiger partial charge in [-0.05, 0) is 62.4 Å². The van der Waals surface area contributed by atoms with Crippen LogP contribution in [0.4, 0.5) is 0 Å². The molecule has 1 amide bonds. The Balaban J connectivity index is 1.42. The fourth-order valence-corrected chi connectivity index (χ4v) is 8.66. The fourth-order valence-electron chi connectivity index (χ4n) is 5.12. The molecule has 0 bridgehead atoms. The Kier molecular flexibility index (Phi) is 9.30. The summed E-state index contributed by atoms with van der Waals surface area (Å²) in [4.78, 5) is 13.6. The van der Waals surface area contributed by atoms with Crippen molar-refractivity contribution in [2.24, 2.45) is 5.10 Å². The number of sulfonamides is 2. The number of carbonyl (C=O) groups is 1. The van der Waals surface area contributed by atoms with Crippen molar-refractivity contribution in [1.82, 2.24) is 18.6 Å². The molecule has 14 heteroatoms. The molecule has 44 heavy (non-hydrogen) atoms. The van der Waals surface area contributed by atoms with Crippen molar-refractivity contribution in [3.63, 3.8) is 0 Å². The van der Waals surface area contributed by atoms with E-state index in [4.69, 9.17) is 23.2 Å². The number of aromatic nitrogens is 1. The highest BCUT2D eigenvalue weighted by Crippen LogP contribution is 2.29. The topological polar surface area (TPSA) is 121 Å². The molecule has 1 fully saturated rings. The molecule has 0 spiro atoms. The summed E-state index contributed by atoms with van der Waals surface area (Å²) in [6.07, 6.45) is 1.44. The maximum atomic E-state index is 13.6. The molecule has 0 unspecified atom stereocenters. The number of nitrogens with zero attached hydrogens (tertiary/aromatic N) is 4. The zero-order valence-electron chi connectivity index (χ0n) is 23.8. The van der Waals surface area contributed by atoms with Crippen molar-refractivity contribution in [3.05, 3.63) is 112 Å². The van der Waals surface area contributed by atoms with Crippen LogP contribution in [0.15, 0.2) is 99.8 Å². The zero-order chi connectivity index (χ0) is 31.6. The molecule has 4 aromatic rings. The van der Waals surface area contributed by atoms with Crippen LogP contribution >= 0.6 is 23.2 Å². The number of benzene rings is 3. The van der Waals surface area contributed by atoms with Gasteiger partial charge < -0.3 is 4.57 Å². The summed E-state index contributed by atoms with van der Waals surface area (Å²) < 4.78 is 58.1. The smallest absolute Gasteiger partial charge is 0.259 e. The molecule has 0 radical (unpaired) electrons. The van der Waals surface area contributed by atoms with E-state index in [1.54, 1.807) is 54.6 Å². The number of piperazine rings is 1. The molecule has 5 rings (SSSR count). The van der Waals surface area contributed by atoms with E-state index in [9.17, 15) is 21.6 Å². The van der Waals surface area contributed by atoms with Crippen LogP contribution in [0.2, 0.25) is 10.0 Å². The van der Waals surface area contributed by atoms with E-state index in [0.29, 0.717) is 15.6 Å². The lowest BCUT2D eigenvalue weighted by atomic mass is 10.2. The summed E-state index contributed by atoms with van der Waals surface area (Å²) in [5, 5.41) is 5.08. The number of aryl methyl sites for hydroxylation is 1. The average molecular weight is 675 g/mol. The Morgan fingerprint density at radius 1 is 0.864 bits per heavy atom. The number of amides is 1. The molecule has 1 aliphatic rings. The molecule has 1 saturated heterocycles. The molecule has 1 atom stereocenters. The van der Waals surface area contributed by atoms with Crippen LogP contribution in [0.25, 0.3) is 5.69 Å². The van der Waals surface area contributed by atoms with Crippen molar-refractivity contribution >= 4 is 55.4 Å². The van der Waals surface area contributed by atoms with E-state index in [2.05, 4.69) is 10.5 Å². The third kappa shape index (κ3) is 6.32. The lowest BCUT2D eigenvalue weighted by Crippen LogP contribution is -2.60. The van der Waals surface area contributed by atoms with Gasteiger partial charge in [-0.15, -0.1) is 0 Å². The largest absolute Gasteiger partial charge is 0.316 e. The molecule has 0 saturated carbocycles. The summed E-state index contributed by atoms with van der Waals surface area (Å²) in [6, 6.07) is 21.1. The molecule has 1 aliphatic heterocycles. The normalized spacial score (nSPS) is 16.8. The first-order valence-electron chi connectivity index (χ1n) is 13.5. The van der Waals surface area contributed by atoms with Crippen LogP contribution in [0.1, 0.15) is 17.0 Å². The molecule has 3 aromatic carbocycles. The fraction of sp³-hybridized carbons (Fsp3) is 0.200. The average Bonchev–Trinajstić information content (AvgIpc) is 3.29. The summed E-state index contributed by atoms with van der Waals surface area (Å²) in [5.74, 6) is -0.775. The van der Waals surface area contributed by atoms with E-state index in [-0.39, 0.29) is 22.9 Å². The second-order valence-electron chi connectivity index (χ2n) is 10.1. The second-order valence-corrected chi connectivity index (χ2v) is 14.8. The molecule has 0 aliphatic carbocycles. The van der Waals surface area contributed by atoms with Crippen molar-refractivity contribution < 1.29 is 21.6 Å². The molecular formula is C30H29Cl2N5O5S2. The predicted octanol–water partition coefficient (Wildman–Crippen LogP) is 4.62. The first-order valence-corrected chi connectivity index (χ1v) is 17.1. The van der Waals surface area contributed by atoms with Crippen LogP contribution in [-0.2, 0) is 24.8 Å². The Morgan fingerprint density at radius 2 is 1.48 bits per heavy atom. The van der Waals surface area contributed by atoms with Crippen LogP contribution in [0.5, 0.6) is 0 Å². The highest BCUT2D eigenvalue weighted by Gasteiger charge is 2.43. The molecule has 2 heterocycles. The van der Waals surface area contributed by atoms with Gasteiger partial charge in [-0.2, -0.15) is 13.7 Å². The minimum Gasteiger partial charge on any atom is -0.316 e. The first kappa shape index (κ1) is 31.9. The van der Waals surface area contributed by atoms with Crippen molar-refractivity contribution in [2.75, 3.05) is 19.6 Å². The first-order chi connectivity index (χ1) is 20.9. The van der Waals surface area contributed by atoms with Gasteiger partial charge in [-0.25, -0.2) is 22.3 Å². The number of rotatable bonds is 8. The van der Waals surface area contributed by atoms with Gasteiger partial charge in [0.25, 0.3) is 5.91 Å². The number of carbonyl (C=O) groups excluding carboxylic acids is 1. The maximum absolute atomic E-state index is 13.6. The van der Waals surface area contributed by atoms with E-state index >= 15 is 0 Å². The predicted molar refractivity (Wildman–Crippen MR) is 170 cm³/mol. The van der Waals surface area contributed by atoms with E-state index < -0.39 is 38.5 Å². The number of hydrazone groups is 1. The van der Waals surface area contributed by atoms with Gasteiger partial charge in [0.2, 0.25) is 20.0 Å². The third-order valence-corrected chi connectivity index (χ3v) is 11.7. The minimum atomic E-state index is -4.14. The van der Waals surface area contributed by atoms with Crippen LogP contribution in [0.3, 0.4) is 0 Å². The Bertz CT molecular complexity index is 1930. The maximum Gasteiger partial charge on any atom is 0.259 e. The summed E-state index contributed by atoms with van der Waals surface area (Å²) in [6.45, 7) is 3.00. The minimum absolute atomic E-state index is 0.00559. The summed E-state index contributed by atoms with van der Waals surface area (Å²) in [5.41, 5.74) is 5.47. The number of nitrogens with one attached hydrogen (secondary N) is 1. The van der Waals surface area contributed by atoms with Gasteiger partial charge in [0.15, 0.2) is 0 Å². The SMILES string of the molecule is Cc1cc(/C=N\NC(=O)[C@@H]2CN(S(=O)(=O)c3ccccc3)CCN2S(=O)(=O)c2ccccc2)c(C)n1-c1ccc(Cl)cc1Cl. The van der Waals surface area contributed by atoms with E-state index in [1.165, 1.54) is 30.5 Å². The molecule has 1 aromatic heterocycles. The van der Waals surface area contributed by atoms with Gasteiger partial charge in [-0.3, -0.25) is 4.79 Å². The standard InChI is InChI=1S/C30H29Cl2N5O5S2/c1-21-17-23(22(2)37(21)28-14-13-24(31)18-27(28)32)19-33-34-30(38)29-20-35(43(39,40)25-9-5-3-6-10-25)15-16-36(29)44(41,42)26-11-7-4-8-12-26/h3-14,17-19,29H,15-16,20H2,1-2H3,(H,34,38)/b33-19-/t29-/m0/s1. The third-order valence-electron chi connectivity index (χ3n) is 7.33. The van der Waals surface area contributed by atoms with Crippen molar-refractivity contribution in [2.45, 2.75) is 29.7 Å². The molecule has 10 nitrogen and oxygen atoms in total. The summed E-state index contributed by atoms with van der Waals surface area (Å²) in [7, 11) is -8.13. The highest BCUT2D eigenvalue weighted by atomic mass is 35.5. The number of halogens is 2. The van der Waals surface area contributed by atoms with Crippen molar-refractivity contribution in [3.8, 4) is 5.69 Å². The monoisotopic (exact) mass is 673 g/mol. The lowest BCUT2D eigenvalue weighted by Gasteiger charge is -2.38. The quantitative estimate of drug-likeness (QED) is 0.216. The van der Waals surface area contributed by atoms with Gasteiger partial charge in [0.1, 0.15) is 6.04 Å². The number of hydrogen-bond donors (Lipinski definition) is 1. The van der Waals surface area contributed by atoms with E-state index in [0.717, 1.165) is 25.7 Å². The van der Waals surface area contributed by atoms with Crippen LogP contribution < -0.4 is 5.43 Å². The molecule has 230 valence electrons.